The number of hydrogen-bond donors (Lipinski definition) is 1. The van der Waals surface area contributed by atoms with Gasteiger partial charge in [-0.3, -0.25) is 4.68 Å². The fourth-order valence-corrected chi connectivity index (χ4v) is 1.88. The molecule has 0 saturated carbocycles. The first-order valence-corrected chi connectivity index (χ1v) is 5.65. The SMILES string of the molecule is CCc1cc(C(N)c2cccc(F)c2)n(C)n1. The molecule has 1 unspecified atom stereocenters. The highest BCUT2D eigenvalue weighted by molar-refractivity contribution is 5.28. The molecule has 0 radical (unpaired) electrons. The van der Waals surface area contributed by atoms with Crippen LogP contribution in [0.1, 0.15) is 29.9 Å². The van der Waals surface area contributed by atoms with Gasteiger partial charge in [-0.15, -0.1) is 0 Å². The van der Waals surface area contributed by atoms with Gasteiger partial charge in [0.2, 0.25) is 0 Å². The predicted molar refractivity (Wildman–Crippen MR) is 65.0 cm³/mol. The molecule has 0 saturated heterocycles. The molecule has 90 valence electrons. The van der Waals surface area contributed by atoms with Crippen molar-refractivity contribution in [1.29, 1.82) is 0 Å². The summed E-state index contributed by atoms with van der Waals surface area (Å²) < 4.78 is 14.9. The van der Waals surface area contributed by atoms with E-state index in [1.54, 1.807) is 10.7 Å². The van der Waals surface area contributed by atoms with Gasteiger partial charge >= 0.3 is 0 Å². The standard InChI is InChI=1S/C13H16FN3/c1-3-11-8-12(17(2)16-11)13(15)9-5-4-6-10(14)7-9/h4-8,13H,3,15H2,1-2H3. The average molecular weight is 233 g/mol. The summed E-state index contributed by atoms with van der Waals surface area (Å²) in [4.78, 5) is 0. The second kappa shape index (κ2) is 4.67. The van der Waals surface area contributed by atoms with Crippen molar-refractivity contribution in [2.24, 2.45) is 12.8 Å². The molecule has 0 aliphatic rings. The third-order valence-corrected chi connectivity index (χ3v) is 2.86. The molecule has 0 amide bonds. The van der Waals surface area contributed by atoms with Gasteiger partial charge in [0, 0.05) is 7.05 Å². The molecule has 0 aliphatic heterocycles. The van der Waals surface area contributed by atoms with E-state index in [1.807, 2.05) is 26.1 Å². The lowest BCUT2D eigenvalue weighted by molar-refractivity contribution is 0.619. The summed E-state index contributed by atoms with van der Waals surface area (Å²) in [6.45, 7) is 2.04. The van der Waals surface area contributed by atoms with Gasteiger partial charge in [0.05, 0.1) is 17.4 Å². The Morgan fingerprint density at radius 1 is 1.41 bits per heavy atom. The predicted octanol–water partition coefficient (Wildman–Crippen LogP) is 2.17. The minimum absolute atomic E-state index is 0.268. The van der Waals surface area contributed by atoms with Crippen LogP contribution in [0.4, 0.5) is 4.39 Å². The molecular formula is C13H16FN3. The Balaban J connectivity index is 2.36. The van der Waals surface area contributed by atoms with Gasteiger partial charge in [-0.25, -0.2) is 4.39 Å². The van der Waals surface area contributed by atoms with E-state index in [9.17, 15) is 4.39 Å². The molecule has 2 rings (SSSR count). The number of aromatic nitrogens is 2. The molecule has 1 aromatic heterocycles. The van der Waals surface area contributed by atoms with Crippen LogP contribution in [0.15, 0.2) is 30.3 Å². The number of aryl methyl sites for hydroxylation is 2. The molecular weight excluding hydrogens is 217 g/mol. The molecule has 3 nitrogen and oxygen atoms in total. The van der Waals surface area contributed by atoms with Crippen LogP contribution < -0.4 is 5.73 Å². The molecule has 1 atom stereocenters. The first kappa shape index (κ1) is 11.8. The van der Waals surface area contributed by atoms with Crippen LogP contribution in [-0.2, 0) is 13.5 Å². The number of hydrogen-bond acceptors (Lipinski definition) is 2. The van der Waals surface area contributed by atoms with Crippen molar-refractivity contribution in [3.05, 3.63) is 53.1 Å². The molecule has 2 aromatic rings. The quantitative estimate of drug-likeness (QED) is 0.883. The van der Waals surface area contributed by atoms with E-state index < -0.39 is 0 Å². The number of nitrogens with two attached hydrogens (primary N) is 1. The van der Waals surface area contributed by atoms with Crippen LogP contribution in [0.2, 0.25) is 0 Å². The van der Waals surface area contributed by atoms with Crippen LogP contribution >= 0.6 is 0 Å². The molecule has 2 N–H and O–H groups in total. The third kappa shape index (κ3) is 2.36. The minimum Gasteiger partial charge on any atom is -0.319 e. The molecule has 1 aromatic carbocycles. The normalized spacial score (nSPS) is 12.7. The Morgan fingerprint density at radius 3 is 2.76 bits per heavy atom. The van der Waals surface area contributed by atoms with Crippen molar-refractivity contribution >= 4 is 0 Å². The van der Waals surface area contributed by atoms with Crippen molar-refractivity contribution in [3.8, 4) is 0 Å². The monoisotopic (exact) mass is 233 g/mol. The van der Waals surface area contributed by atoms with Crippen molar-refractivity contribution < 1.29 is 4.39 Å². The summed E-state index contributed by atoms with van der Waals surface area (Å²) in [7, 11) is 1.85. The molecule has 0 spiro atoms. The number of rotatable bonds is 3. The molecule has 1 heterocycles. The Bertz CT molecular complexity index is 519. The summed E-state index contributed by atoms with van der Waals surface area (Å²) in [5.41, 5.74) is 8.78. The van der Waals surface area contributed by atoms with E-state index in [4.69, 9.17) is 5.73 Å². The zero-order valence-electron chi connectivity index (χ0n) is 10.0. The zero-order chi connectivity index (χ0) is 12.4. The summed E-state index contributed by atoms with van der Waals surface area (Å²) in [6.07, 6.45) is 0.865. The van der Waals surface area contributed by atoms with Gasteiger partial charge in [0.25, 0.3) is 0 Å². The van der Waals surface area contributed by atoms with Crippen LogP contribution in [-0.4, -0.2) is 9.78 Å². The maximum absolute atomic E-state index is 13.1. The lowest BCUT2D eigenvalue weighted by Crippen LogP contribution is -2.15. The highest BCUT2D eigenvalue weighted by atomic mass is 19.1. The van der Waals surface area contributed by atoms with Crippen LogP contribution in [0.25, 0.3) is 0 Å². The van der Waals surface area contributed by atoms with Crippen molar-refractivity contribution in [1.82, 2.24) is 9.78 Å². The summed E-state index contributed by atoms with van der Waals surface area (Å²) in [5.74, 6) is -0.268. The Labute approximate surface area is 100 Å². The zero-order valence-corrected chi connectivity index (χ0v) is 10.0. The van der Waals surface area contributed by atoms with Crippen molar-refractivity contribution in [2.45, 2.75) is 19.4 Å². The summed E-state index contributed by atoms with van der Waals surface area (Å²) in [6, 6.07) is 7.99. The van der Waals surface area contributed by atoms with E-state index in [0.717, 1.165) is 23.4 Å². The van der Waals surface area contributed by atoms with Gasteiger partial charge in [0.1, 0.15) is 5.82 Å². The van der Waals surface area contributed by atoms with Gasteiger partial charge in [-0.05, 0) is 30.2 Å². The average Bonchev–Trinajstić information content (AvgIpc) is 2.69. The summed E-state index contributed by atoms with van der Waals surface area (Å²) in [5, 5.41) is 4.34. The van der Waals surface area contributed by atoms with E-state index in [1.165, 1.54) is 12.1 Å². The third-order valence-electron chi connectivity index (χ3n) is 2.86. The topological polar surface area (TPSA) is 43.8 Å². The Kier molecular flexibility index (Phi) is 3.24. The second-order valence-corrected chi connectivity index (χ2v) is 4.07. The second-order valence-electron chi connectivity index (χ2n) is 4.07. The van der Waals surface area contributed by atoms with Crippen molar-refractivity contribution in [3.63, 3.8) is 0 Å². The fourth-order valence-electron chi connectivity index (χ4n) is 1.88. The number of halogens is 1. The molecule has 0 fully saturated rings. The molecule has 0 bridgehead atoms. The molecule has 17 heavy (non-hydrogen) atoms. The van der Waals surface area contributed by atoms with Gasteiger partial charge in [0.15, 0.2) is 0 Å². The highest BCUT2D eigenvalue weighted by Crippen LogP contribution is 2.20. The van der Waals surface area contributed by atoms with E-state index >= 15 is 0 Å². The van der Waals surface area contributed by atoms with Crippen LogP contribution in [0.3, 0.4) is 0 Å². The molecule has 0 aliphatic carbocycles. The van der Waals surface area contributed by atoms with Crippen molar-refractivity contribution in [2.75, 3.05) is 0 Å². The van der Waals surface area contributed by atoms with Gasteiger partial charge < -0.3 is 5.73 Å². The fraction of sp³-hybridized carbons (Fsp3) is 0.308. The molecule has 4 heteroatoms. The maximum Gasteiger partial charge on any atom is 0.123 e. The van der Waals surface area contributed by atoms with Crippen LogP contribution in [0.5, 0.6) is 0 Å². The lowest BCUT2D eigenvalue weighted by Gasteiger charge is -2.12. The maximum atomic E-state index is 13.1. The number of nitrogens with zero attached hydrogens (tertiary/aromatic N) is 2. The van der Waals surface area contributed by atoms with E-state index in [-0.39, 0.29) is 11.9 Å². The Morgan fingerprint density at radius 2 is 2.18 bits per heavy atom. The lowest BCUT2D eigenvalue weighted by atomic mass is 10.0. The van der Waals surface area contributed by atoms with Gasteiger partial charge in [-0.1, -0.05) is 19.1 Å². The first-order valence-electron chi connectivity index (χ1n) is 5.65. The van der Waals surface area contributed by atoms with Gasteiger partial charge in [-0.2, -0.15) is 5.10 Å². The van der Waals surface area contributed by atoms with Crippen LogP contribution in [0, 0.1) is 5.82 Å². The largest absolute Gasteiger partial charge is 0.319 e. The van der Waals surface area contributed by atoms with E-state index in [0.29, 0.717) is 0 Å². The minimum atomic E-state index is -0.344. The first-order chi connectivity index (χ1) is 8.11. The Hall–Kier alpha value is -1.68. The smallest absolute Gasteiger partial charge is 0.123 e. The van der Waals surface area contributed by atoms with E-state index in [2.05, 4.69) is 5.10 Å². The summed E-state index contributed by atoms with van der Waals surface area (Å²) >= 11 is 0. The highest BCUT2D eigenvalue weighted by Gasteiger charge is 2.14. The number of benzene rings is 1.